The van der Waals surface area contributed by atoms with Crippen LogP contribution in [0.25, 0.3) is 0 Å². The third-order valence-electron chi connectivity index (χ3n) is 1.61. The lowest BCUT2D eigenvalue weighted by molar-refractivity contribution is -0.121. The Balaban J connectivity index is 2.42. The lowest BCUT2D eigenvalue weighted by Crippen LogP contribution is -2.28. The summed E-state index contributed by atoms with van der Waals surface area (Å²) in [6.45, 7) is 0.377. The van der Waals surface area contributed by atoms with Crippen molar-refractivity contribution in [2.24, 2.45) is 0 Å². The Morgan fingerprint density at radius 1 is 1.80 bits per heavy atom. The van der Waals surface area contributed by atoms with Crippen molar-refractivity contribution in [1.82, 2.24) is 15.1 Å². The highest BCUT2D eigenvalue weighted by Gasteiger charge is 2.06. The first-order valence-corrected chi connectivity index (χ1v) is 4.63. The molecule has 0 aliphatic heterocycles. The molecule has 0 saturated carbocycles. The van der Waals surface area contributed by atoms with Crippen LogP contribution in [0, 0.1) is 11.3 Å². The molecule has 0 unspecified atom stereocenters. The molecule has 0 aliphatic rings. The number of rotatable bonds is 4. The van der Waals surface area contributed by atoms with Crippen LogP contribution < -0.4 is 11.1 Å². The molecule has 0 aliphatic carbocycles. The molecule has 1 rings (SSSR count). The molecule has 0 saturated heterocycles. The first-order chi connectivity index (χ1) is 7.13. The fraction of sp³-hybridized carbons (Fsp3) is 0.375. The number of nitrogen functional groups attached to an aromatic ring is 1. The van der Waals surface area contributed by atoms with Gasteiger partial charge in [0.25, 0.3) is 0 Å². The highest BCUT2D eigenvalue weighted by molar-refractivity contribution is 6.32. The minimum Gasteiger partial charge on any atom is -0.381 e. The van der Waals surface area contributed by atoms with Crippen LogP contribution >= 0.6 is 11.6 Å². The van der Waals surface area contributed by atoms with Crippen molar-refractivity contribution in [3.63, 3.8) is 0 Å². The number of nitrogens with one attached hydrogen (secondary N) is 1. The number of hydrogen-bond acceptors (Lipinski definition) is 4. The molecular weight excluding hydrogens is 218 g/mol. The summed E-state index contributed by atoms with van der Waals surface area (Å²) in [6.07, 6.45) is 1.76. The van der Waals surface area contributed by atoms with Crippen LogP contribution in [0.3, 0.4) is 0 Å². The monoisotopic (exact) mass is 227 g/mol. The van der Waals surface area contributed by atoms with Gasteiger partial charge in [-0.25, -0.2) is 0 Å². The molecule has 15 heavy (non-hydrogen) atoms. The standard InChI is InChI=1S/C8H10ClN5O/c9-6-4-14(13-8(6)11)5-7(15)12-3-1-2-10/h4H,1,3,5H2,(H2,11,13)(H,12,15). The van der Waals surface area contributed by atoms with Gasteiger partial charge >= 0.3 is 0 Å². The molecule has 7 heteroatoms. The van der Waals surface area contributed by atoms with E-state index in [4.69, 9.17) is 22.6 Å². The second kappa shape index (κ2) is 5.22. The van der Waals surface area contributed by atoms with Crippen molar-refractivity contribution in [2.45, 2.75) is 13.0 Å². The third kappa shape index (κ3) is 3.48. The zero-order valence-corrected chi connectivity index (χ0v) is 8.66. The lowest BCUT2D eigenvalue weighted by Gasteiger charge is -2.01. The number of aromatic nitrogens is 2. The van der Waals surface area contributed by atoms with Crippen molar-refractivity contribution in [3.05, 3.63) is 11.2 Å². The molecule has 80 valence electrons. The zero-order valence-electron chi connectivity index (χ0n) is 7.90. The van der Waals surface area contributed by atoms with Gasteiger partial charge < -0.3 is 11.1 Å². The molecular formula is C8H10ClN5O. The normalized spacial score (nSPS) is 9.60. The van der Waals surface area contributed by atoms with Gasteiger partial charge in [0.1, 0.15) is 11.6 Å². The Hall–Kier alpha value is -1.74. The summed E-state index contributed by atoms with van der Waals surface area (Å²) in [6, 6.07) is 1.92. The third-order valence-corrected chi connectivity index (χ3v) is 1.90. The molecule has 0 fully saturated rings. The summed E-state index contributed by atoms with van der Waals surface area (Å²) in [7, 11) is 0. The van der Waals surface area contributed by atoms with Gasteiger partial charge in [0.2, 0.25) is 5.91 Å². The number of carbonyl (C=O) groups is 1. The van der Waals surface area contributed by atoms with Gasteiger partial charge in [0.15, 0.2) is 5.82 Å². The molecule has 0 radical (unpaired) electrons. The first-order valence-electron chi connectivity index (χ1n) is 4.25. The Labute approximate surface area is 91.6 Å². The maximum absolute atomic E-state index is 11.2. The van der Waals surface area contributed by atoms with E-state index in [1.54, 1.807) is 0 Å². The smallest absolute Gasteiger partial charge is 0.241 e. The Bertz CT molecular complexity index is 375. The predicted molar refractivity (Wildman–Crippen MR) is 54.9 cm³/mol. The van der Waals surface area contributed by atoms with Gasteiger partial charge in [-0.3, -0.25) is 9.48 Å². The van der Waals surface area contributed by atoms with Crippen molar-refractivity contribution in [2.75, 3.05) is 12.3 Å². The van der Waals surface area contributed by atoms with Gasteiger partial charge in [0, 0.05) is 12.7 Å². The summed E-state index contributed by atoms with van der Waals surface area (Å²) >= 11 is 5.66. The number of anilines is 1. The van der Waals surface area contributed by atoms with E-state index in [0.717, 1.165) is 0 Å². The highest BCUT2D eigenvalue weighted by Crippen LogP contribution is 2.14. The quantitative estimate of drug-likeness (QED) is 0.716. The first kappa shape index (κ1) is 11.3. The molecule has 0 atom stereocenters. The summed E-state index contributed by atoms with van der Waals surface area (Å²) in [5, 5.41) is 14.9. The molecule has 1 heterocycles. The molecule has 1 amide bonds. The summed E-state index contributed by atoms with van der Waals surface area (Å²) < 4.78 is 1.35. The number of halogens is 1. The van der Waals surface area contributed by atoms with Gasteiger partial charge in [-0.15, -0.1) is 0 Å². The van der Waals surface area contributed by atoms with E-state index in [1.807, 2.05) is 6.07 Å². The van der Waals surface area contributed by atoms with Crippen molar-refractivity contribution >= 4 is 23.3 Å². The van der Waals surface area contributed by atoms with Gasteiger partial charge in [-0.05, 0) is 0 Å². The number of carbonyl (C=O) groups excluding carboxylic acids is 1. The van der Waals surface area contributed by atoms with Crippen LogP contribution in [-0.2, 0) is 11.3 Å². The second-order valence-electron chi connectivity index (χ2n) is 2.82. The minimum absolute atomic E-state index is 0.0440. The fourth-order valence-corrected chi connectivity index (χ4v) is 1.10. The number of nitrogens with two attached hydrogens (primary N) is 1. The maximum Gasteiger partial charge on any atom is 0.241 e. The lowest BCUT2D eigenvalue weighted by atomic mass is 10.4. The van der Waals surface area contributed by atoms with E-state index in [-0.39, 0.29) is 24.7 Å². The summed E-state index contributed by atoms with van der Waals surface area (Å²) in [5.41, 5.74) is 5.40. The average molecular weight is 228 g/mol. The van der Waals surface area contributed by atoms with Crippen LogP contribution in [0.15, 0.2) is 6.20 Å². The van der Waals surface area contributed by atoms with E-state index in [0.29, 0.717) is 11.6 Å². The number of amides is 1. The topological polar surface area (TPSA) is 96.7 Å². The van der Waals surface area contributed by atoms with Crippen molar-refractivity contribution in [3.8, 4) is 6.07 Å². The molecule has 0 spiro atoms. The molecule has 1 aromatic rings. The van der Waals surface area contributed by atoms with Gasteiger partial charge in [-0.1, -0.05) is 11.6 Å². The van der Waals surface area contributed by atoms with Crippen LogP contribution in [0.4, 0.5) is 5.82 Å². The van der Waals surface area contributed by atoms with Crippen molar-refractivity contribution < 1.29 is 4.79 Å². The minimum atomic E-state index is -0.232. The average Bonchev–Trinajstić information content (AvgIpc) is 2.46. The largest absolute Gasteiger partial charge is 0.381 e. The van der Waals surface area contributed by atoms with Gasteiger partial charge in [-0.2, -0.15) is 10.4 Å². The van der Waals surface area contributed by atoms with Crippen molar-refractivity contribution in [1.29, 1.82) is 5.26 Å². The Kier molecular flexibility index (Phi) is 3.94. The molecule has 1 aromatic heterocycles. The number of nitrogens with zero attached hydrogens (tertiary/aromatic N) is 3. The highest BCUT2D eigenvalue weighted by atomic mass is 35.5. The molecule has 6 nitrogen and oxygen atoms in total. The Morgan fingerprint density at radius 3 is 3.07 bits per heavy atom. The van der Waals surface area contributed by atoms with Gasteiger partial charge in [0.05, 0.1) is 12.5 Å². The van der Waals surface area contributed by atoms with E-state index in [9.17, 15) is 4.79 Å². The predicted octanol–water partition coefficient (Wildman–Crippen LogP) is 0.149. The number of hydrogen-bond donors (Lipinski definition) is 2. The molecule has 0 aromatic carbocycles. The zero-order chi connectivity index (χ0) is 11.3. The Morgan fingerprint density at radius 2 is 2.53 bits per heavy atom. The van der Waals surface area contributed by atoms with E-state index in [2.05, 4.69) is 10.4 Å². The van der Waals surface area contributed by atoms with Crippen LogP contribution in [-0.4, -0.2) is 22.2 Å². The fourth-order valence-electron chi connectivity index (χ4n) is 0.954. The summed E-state index contributed by atoms with van der Waals surface area (Å²) in [4.78, 5) is 11.2. The van der Waals surface area contributed by atoms with E-state index < -0.39 is 0 Å². The number of nitriles is 1. The summed E-state index contributed by atoms with van der Waals surface area (Å²) in [5.74, 6) is -0.0362. The van der Waals surface area contributed by atoms with E-state index in [1.165, 1.54) is 10.9 Å². The van der Waals surface area contributed by atoms with Crippen LogP contribution in [0.2, 0.25) is 5.02 Å². The molecule has 0 bridgehead atoms. The molecule has 3 N–H and O–H groups in total. The van der Waals surface area contributed by atoms with Crippen LogP contribution in [0.5, 0.6) is 0 Å². The van der Waals surface area contributed by atoms with Crippen LogP contribution in [0.1, 0.15) is 6.42 Å². The van der Waals surface area contributed by atoms with E-state index >= 15 is 0 Å². The SMILES string of the molecule is N#CCCNC(=O)Cn1cc(Cl)c(N)n1. The maximum atomic E-state index is 11.2. The second-order valence-corrected chi connectivity index (χ2v) is 3.23.